The molecule has 1 aromatic heterocycles. The predicted molar refractivity (Wildman–Crippen MR) is 81.2 cm³/mol. The number of pyridine rings is 1. The standard InChI is InChI=1S/C15H19ClN2O4/c1-9(2)7-22-13-11(16)5-10(6-17-13)12(19)18-8-15(3-4-15)14(20)21/h5-6,9H,3-4,7-8H2,1-2H3,(H,18,19)(H,20,21). The number of hydrogen-bond donors (Lipinski definition) is 2. The van der Waals surface area contributed by atoms with Crippen molar-refractivity contribution < 1.29 is 19.4 Å². The maximum Gasteiger partial charge on any atom is 0.311 e. The lowest BCUT2D eigenvalue weighted by Crippen LogP contribution is -2.34. The van der Waals surface area contributed by atoms with Gasteiger partial charge in [0.15, 0.2) is 0 Å². The van der Waals surface area contributed by atoms with Crippen molar-refractivity contribution in [2.45, 2.75) is 26.7 Å². The zero-order valence-electron chi connectivity index (χ0n) is 12.6. The number of nitrogens with one attached hydrogen (secondary N) is 1. The molecule has 0 aromatic carbocycles. The Balaban J connectivity index is 1.96. The Kier molecular flexibility index (Phi) is 4.90. The minimum Gasteiger partial charge on any atom is -0.481 e. The van der Waals surface area contributed by atoms with Crippen molar-refractivity contribution in [2.75, 3.05) is 13.2 Å². The van der Waals surface area contributed by atoms with Gasteiger partial charge < -0.3 is 15.2 Å². The maximum absolute atomic E-state index is 12.0. The summed E-state index contributed by atoms with van der Waals surface area (Å²) < 4.78 is 5.44. The highest BCUT2D eigenvalue weighted by molar-refractivity contribution is 6.32. The van der Waals surface area contributed by atoms with Crippen molar-refractivity contribution in [3.63, 3.8) is 0 Å². The average Bonchev–Trinajstić information content (AvgIpc) is 3.24. The Bertz CT molecular complexity index is 585. The van der Waals surface area contributed by atoms with Crippen molar-refractivity contribution in [3.05, 3.63) is 22.8 Å². The van der Waals surface area contributed by atoms with E-state index in [4.69, 9.17) is 21.4 Å². The van der Waals surface area contributed by atoms with E-state index in [1.54, 1.807) is 0 Å². The molecule has 0 saturated heterocycles. The summed E-state index contributed by atoms with van der Waals surface area (Å²) in [5.74, 6) is -0.638. The Morgan fingerprint density at radius 3 is 2.68 bits per heavy atom. The topological polar surface area (TPSA) is 88.5 Å². The molecule has 0 spiro atoms. The van der Waals surface area contributed by atoms with Crippen molar-refractivity contribution in [1.29, 1.82) is 0 Å². The van der Waals surface area contributed by atoms with Gasteiger partial charge in [0, 0.05) is 12.7 Å². The van der Waals surface area contributed by atoms with Gasteiger partial charge in [0.1, 0.15) is 5.02 Å². The van der Waals surface area contributed by atoms with Crippen LogP contribution in [0.25, 0.3) is 0 Å². The van der Waals surface area contributed by atoms with Gasteiger partial charge in [-0.2, -0.15) is 0 Å². The van der Waals surface area contributed by atoms with Crippen LogP contribution >= 0.6 is 11.6 Å². The van der Waals surface area contributed by atoms with Crippen molar-refractivity contribution in [2.24, 2.45) is 11.3 Å². The molecule has 120 valence electrons. The van der Waals surface area contributed by atoms with Gasteiger partial charge in [0.2, 0.25) is 5.88 Å². The number of aromatic nitrogens is 1. The van der Waals surface area contributed by atoms with Gasteiger partial charge in [-0.1, -0.05) is 25.4 Å². The molecule has 6 nitrogen and oxygen atoms in total. The number of hydrogen-bond acceptors (Lipinski definition) is 4. The smallest absolute Gasteiger partial charge is 0.311 e. The molecule has 0 bridgehead atoms. The summed E-state index contributed by atoms with van der Waals surface area (Å²) in [6.45, 7) is 4.61. The number of carboxylic acid groups (broad SMARTS) is 1. The van der Waals surface area contributed by atoms with E-state index in [2.05, 4.69) is 10.3 Å². The van der Waals surface area contributed by atoms with E-state index < -0.39 is 17.3 Å². The molecule has 2 N–H and O–H groups in total. The van der Waals surface area contributed by atoms with Crippen molar-refractivity contribution >= 4 is 23.5 Å². The first-order valence-electron chi connectivity index (χ1n) is 7.14. The molecule has 1 aromatic rings. The Hall–Kier alpha value is -1.82. The van der Waals surface area contributed by atoms with Crippen LogP contribution in [-0.4, -0.2) is 35.1 Å². The monoisotopic (exact) mass is 326 g/mol. The van der Waals surface area contributed by atoms with Crippen LogP contribution in [-0.2, 0) is 4.79 Å². The molecule has 1 aliphatic carbocycles. The first-order chi connectivity index (χ1) is 10.3. The zero-order valence-corrected chi connectivity index (χ0v) is 13.3. The van der Waals surface area contributed by atoms with Gasteiger partial charge >= 0.3 is 5.97 Å². The molecular weight excluding hydrogens is 308 g/mol. The first kappa shape index (κ1) is 16.5. The predicted octanol–water partition coefficient (Wildman–Crippen LogP) is 2.36. The van der Waals surface area contributed by atoms with E-state index in [9.17, 15) is 9.59 Å². The van der Waals surface area contributed by atoms with Gasteiger partial charge in [0.25, 0.3) is 5.91 Å². The number of ether oxygens (including phenoxy) is 1. The van der Waals surface area contributed by atoms with Crippen LogP contribution in [0.5, 0.6) is 5.88 Å². The second kappa shape index (κ2) is 6.52. The molecule has 1 fully saturated rings. The Morgan fingerprint density at radius 1 is 1.50 bits per heavy atom. The number of rotatable bonds is 7. The number of carbonyl (C=O) groups is 2. The molecule has 1 saturated carbocycles. The lowest BCUT2D eigenvalue weighted by molar-refractivity contribution is -0.143. The molecule has 0 atom stereocenters. The van der Waals surface area contributed by atoms with E-state index in [-0.39, 0.29) is 23.0 Å². The van der Waals surface area contributed by atoms with Crippen LogP contribution in [0.1, 0.15) is 37.0 Å². The lowest BCUT2D eigenvalue weighted by Gasteiger charge is -2.12. The van der Waals surface area contributed by atoms with Crippen molar-refractivity contribution in [3.8, 4) is 5.88 Å². The number of nitrogens with zero attached hydrogens (tertiary/aromatic N) is 1. The molecule has 7 heteroatoms. The highest BCUT2D eigenvalue weighted by atomic mass is 35.5. The lowest BCUT2D eigenvalue weighted by atomic mass is 10.1. The summed E-state index contributed by atoms with van der Waals surface area (Å²) in [7, 11) is 0. The fourth-order valence-corrected chi connectivity index (χ4v) is 2.09. The fourth-order valence-electron chi connectivity index (χ4n) is 1.87. The normalized spacial score (nSPS) is 15.5. The van der Waals surface area contributed by atoms with Crippen LogP contribution in [0.15, 0.2) is 12.3 Å². The van der Waals surface area contributed by atoms with E-state index >= 15 is 0 Å². The third-order valence-electron chi connectivity index (χ3n) is 3.52. The number of amides is 1. The van der Waals surface area contributed by atoms with Crippen LogP contribution in [0.3, 0.4) is 0 Å². The van der Waals surface area contributed by atoms with Crippen LogP contribution in [0.4, 0.5) is 0 Å². The van der Waals surface area contributed by atoms with Gasteiger partial charge in [-0.3, -0.25) is 9.59 Å². The fraction of sp³-hybridized carbons (Fsp3) is 0.533. The Labute approximate surface area is 133 Å². The van der Waals surface area contributed by atoms with Crippen LogP contribution < -0.4 is 10.1 Å². The molecule has 2 rings (SSSR count). The quantitative estimate of drug-likeness (QED) is 0.803. The number of aliphatic carboxylic acids is 1. The van der Waals surface area contributed by atoms with Crippen LogP contribution in [0, 0.1) is 11.3 Å². The summed E-state index contributed by atoms with van der Waals surface area (Å²) in [6, 6.07) is 1.47. The highest BCUT2D eigenvalue weighted by Gasteiger charge is 2.50. The van der Waals surface area contributed by atoms with E-state index in [1.807, 2.05) is 13.8 Å². The molecule has 22 heavy (non-hydrogen) atoms. The highest BCUT2D eigenvalue weighted by Crippen LogP contribution is 2.45. The van der Waals surface area contributed by atoms with Gasteiger partial charge in [-0.15, -0.1) is 0 Å². The molecule has 0 radical (unpaired) electrons. The molecule has 0 unspecified atom stereocenters. The van der Waals surface area contributed by atoms with Crippen molar-refractivity contribution in [1.82, 2.24) is 10.3 Å². The largest absolute Gasteiger partial charge is 0.481 e. The molecule has 1 heterocycles. The maximum atomic E-state index is 12.0. The zero-order chi connectivity index (χ0) is 16.3. The third-order valence-corrected chi connectivity index (χ3v) is 3.79. The second-order valence-electron chi connectivity index (χ2n) is 5.98. The van der Waals surface area contributed by atoms with Crippen LogP contribution in [0.2, 0.25) is 5.02 Å². The van der Waals surface area contributed by atoms with Gasteiger partial charge in [0.05, 0.1) is 17.6 Å². The number of carbonyl (C=O) groups excluding carboxylic acids is 1. The summed E-state index contributed by atoms with van der Waals surface area (Å²) >= 11 is 6.05. The third kappa shape index (κ3) is 3.88. The first-order valence-corrected chi connectivity index (χ1v) is 7.52. The minimum absolute atomic E-state index is 0.115. The minimum atomic E-state index is -0.874. The summed E-state index contributed by atoms with van der Waals surface area (Å²) in [4.78, 5) is 27.1. The van der Waals surface area contributed by atoms with Gasteiger partial charge in [-0.05, 0) is 24.8 Å². The summed E-state index contributed by atoms with van der Waals surface area (Å²) in [6.07, 6.45) is 2.55. The van der Waals surface area contributed by atoms with E-state index in [0.29, 0.717) is 25.4 Å². The number of halogens is 1. The van der Waals surface area contributed by atoms with E-state index in [1.165, 1.54) is 12.3 Å². The SMILES string of the molecule is CC(C)COc1ncc(C(=O)NCC2(C(=O)O)CC2)cc1Cl. The summed E-state index contributed by atoms with van der Waals surface area (Å²) in [5, 5.41) is 11.9. The molecular formula is C15H19ClN2O4. The Morgan fingerprint density at radius 2 is 2.18 bits per heavy atom. The molecule has 1 aliphatic rings. The summed E-state index contributed by atoms with van der Waals surface area (Å²) in [5.41, 5.74) is -0.518. The number of carboxylic acids is 1. The van der Waals surface area contributed by atoms with E-state index in [0.717, 1.165) is 0 Å². The van der Waals surface area contributed by atoms with Gasteiger partial charge in [-0.25, -0.2) is 4.98 Å². The molecule has 1 amide bonds. The molecule has 0 aliphatic heterocycles. The second-order valence-corrected chi connectivity index (χ2v) is 6.39. The average molecular weight is 327 g/mol.